The number of nitrogens with zero attached hydrogens (tertiary/aromatic N) is 2. The number of rotatable bonds is 2. The second-order valence-electron chi connectivity index (χ2n) is 4.04. The Labute approximate surface area is 87.4 Å². The zero-order chi connectivity index (χ0) is 10.3. The van der Waals surface area contributed by atoms with E-state index in [4.69, 9.17) is 4.74 Å². The van der Waals surface area contributed by atoms with Gasteiger partial charge in [0.15, 0.2) is 5.69 Å². The van der Waals surface area contributed by atoms with Crippen molar-refractivity contribution in [2.45, 2.75) is 31.8 Å². The summed E-state index contributed by atoms with van der Waals surface area (Å²) in [4.78, 5) is 11.7. The van der Waals surface area contributed by atoms with Crippen molar-refractivity contribution >= 4 is 5.91 Å². The van der Waals surface area contributed by atoms with Crippen molar-refractivity contribution in [1.29, 1.82) is 0 Å². The molecule has 2 heterocycles. The minimum absolute atomic E-state index is 0.0806. The fraction of sp³-hybridized carbons (Fsp3) is 0.600. The first-order valence-electron chi connectivity index (χ1n) is 5.34. The molecule has 1 N–H and O–H groups in total. The highest BCUT2D eigenvalue weighted by atomic mass is 16.5. The maximum Gasteiger partial charge on any atom is 0.272 e. The summed E-state index contributed by atoms with van der Waals surface area (Å²) in [5, 5.41) is 7.12. The third kappa shape index (κ3) is 1.69. The first kappa shape index (κ1) is 8.76. The molecule has 0 radical (unpaired) electrons. The standard InChI is InChI=1S/C10H13N3O2/c14-10(11-7-2-3-7)8-6-9-13(12-8)4-1-5-15-9/h6-7H,1-5H2,(H,11,14). The third-order valence-electron chi connectivity index (χ3n) is 2.65. The minimum Gasteiger partial charge on any atom is -0.478 e. The van der Waals surface area contributed by atoms with Gasteiger partial charge in [0.1, 0.15) is 0 Å². The van der Waals surface area contributed by atoms with Crippen molar-refractivity contribution < 1.29 is 9.53 Å². The summed E-state index contributed by atoms with van der Waals surface area (Å²) in [6.07, 6.45) is 3.14. The maximum absolute atomic E-state index is 11.7. The van der Waals surface area contributed by atoms with Gasteiger partial charge in [-0.3, -0.25) is 4.79 Å². The van der Waals surface area contributed by atoms with Crippen molar-refractivity contribution in [1.82, 2.24) is 15.1 Å². The molecule has 1 aliphatic carbocycles. The van der Waals surface area contributed by atoms with Gasteiger partial charge in [0.25, 0.3) is 5.91 Å². The van der Waals surface area contributed by atoms with E-state index >= 15 is 0 Å². The number of fused-ring (bicyclic) bond motifs is 1. The molecule has 1 amide bonds. The fourth-order valence-corrected chi connectivity index (χ4v) is 1.67. The van der Waals surface area contributed by atoms with E-state index in [-0.39, 0.29) is 5.91 Å². The maximum atomic E-state index is 11.7. The summed E-state index contributed by atoms with van der Waals surface area (Å²) in [5.74, 6) is 0.630. The molecular weight excluding hydrogens is 194 g/mol. The molecule has 1 aromatic heterocycles. The molecule has 0 unspecified atom stereocenters. The second-order valence-corrected chi connectivity index (χ2v) is 4.04. The van der Waals surface area contributed by atoms with Gasteiger partial charge in [0.2, 0.25) is 5.88 Å². The molecule has 80 valence electrons. The van der Waals surface area contributed by atoms with Crippen LogP contribution in [0.2, 0.25) is 0 Å². The van der Waals surface area contributed by atoms with Crippen molar-refractivity contribution in [2.24, 2.45) is 0 Å². The molecule has 0 bridgehead atoms. The molecule has 3 rings (SSSR count). The number of carbonyl (C=O) groups is 1. The number of hydrogen-bond acceptors (Lipinski definition) is 3. The van der Waals surface area contributed by atoms with E-state index < -0.39 is 0 Å². The normalized spacial score (nSPS) is 19.2. The Hall–Kier alpha value is -1.52. The smallest absolute Gasteiger partial charge is 0.272 e. The van der Waals surface area contributed by atoms with Gasteiger partial charge in [0.05, 0.1) is 6.61 Å². The number of aryl methyl sites for hydroxylation is 1. The average Bonchev–Trinajstić information content (AvgIpc) is 2.95. The zero-order valence-electron chi connectivity index (χ0n) is 8.40. The number of nitrogens with one attached hydrogen (secondary N) is 1. The summed E-state index contributed by atoms with van der Waals surface area (Å²) >= 11 is 0. The lowest BCUT2D eigenvalue weighted by molar-refractivity contribution is 0.0945. The molecule has 0 saturated heterocycles. The molecule has 0 atom stereocenters. The third-order valence-corrected chi connectivity index (χ3v) is 2.65. The number of ether oxygens (including phenoxy) is 1. The summed E-state index contributed by atoms with van der Waals surface area (Å²) in [5.41, 5.74) is 0.471. The van der Waals surface area contributed by atoms with Crippen LogP contribution < -0.4 is 10.1 Å². The Morgan fingerprint density at radius 2 is 2.47 bits per heavy atom. The topological polar surface area (TPSA) is 56.2 Å². The average molecular weight is 207 g/mol. The number of aromatic nitrogens is 2. The van der Waals surface area contributed by atoms with Crippen LogP contribution in [-0.2, 0) is 6.54 Å². The van der Waals surface area contributed by atoms with Gasteiger partial charge in [0, 0.05) is 25.1 Å². The van der Waals surface area contributed by atoms with Crippen molar-refractivity contribution in [3.63, 3.8) is 0 Å². The Balaban J connectivity index is 1.78. The van der Waals surface area contributed by atoms with E-state index in [0.717, 1.165) is 32.4 Å². The van der Waals surface area contributed by atoms with Crippen LogP contribution in [0.15, 0.2) is 6.07 Å². The van der Waals surface area contributed by atoms with Crippen LogP contribution in [0.25, 0.3) is 0 Å². The lowest BCUT2D eigenvalue weighted by Crippen LogP contribution is -2.26. The molecule has 5 heteroatoms. The van der Waals surface area contributed by atoms with Crippen molar-refractivity contribution in [3.05, 3.63) is 11.8 Å². The Morgan fingerprint density at radius 3 is 3.20 bits per heavy atom. The van der Waals surface area contributed by atoms with Crippen molar-refractivity contribution in [2.75, 3.05) is 6.61 Å². The Morgan fingerprint density at radius 1 is 1.60 bits per heavy atom. The summed E-state index contributed by atoms with van der Waals surface area (Å²) < 4.78 is 7.15. The molecule has 1 aromatic rings. The number of amides is 1. The molecule has 1 aliphatic heterocycles. The van der Waals surface area contributed by atoms with Crippen LogP contribution >= 0.6 is 0 Å². The van der Waals surface area contributed by atoms with Crippen LogP contribution in [0.3, 0.4) is 0 Å². The predicted molar refractivity (Wildman–Crippen MR) is 52.8 cm³/mol. The van der Waals surface area contributed by atoms with E-state index in [0.29, 0.717) is 17.6 Å². The summed E-state index contributed by atoms with van der Waals surface area (Å²) in [7, 11) is 0. The van der Waals surface area contributed by atoms with Gasteiger partial charge >= 0.3 is 0 Å². The van der Waals surface area contributed by atoms with Gasteiger partial charge in [-0.25, -0.2) is 4.68 Å². The number of carbonyl (C=O) groups excluding carboxylic acids is 1. The van der Waals surface area contributed by atoms with Gasteiger partial charge < -0.3 is 10.1 Å². The van der Waals surface area contributed by atoms with Gasteiger partial charge in [-0.15, -0.1) is 0 Å². The quantitative estimate of drug-likeness (QED) is 0.770. The molecule has 0 spiro atoms. The molecule has 1 saturated carbocycles. The predicted octanol–water partition coefficient (Wildman–Crippen LogP) is 0.558. The van der Waals surface area contributed by atoms with Crippen LogP contribution in [-0.4, -0.2) is 28.3 Å². The second kappa shape index (κ2) is 3.25. The molecular formula is C10H13N3O2. The van der Waals surface area contributed by atoms with E-state index in [1.54, 1.807) is 10.7 Å². The van der Waals surface area contributed by atoms with Crippen LogP contribution in [0.1, 0.15) is 29.8 Å². The van der Waals surface area contributed by atoms with E-state index in [1.807, 2.05) is 0 Å². The Kier molecular flexibility index (Phi) is 1.90. The summed E-state index contributed by atoms with van der Waals surface area (Å²) in [6, 6.07) is 2.09. The Bertz CT molecular complexity index is 372. The van der Waals surface area contributed by atoms with Gasteiger partial charge in [-0.05, 0) is 12.8 Å². The molecule has 0 aromatic carbocycles. The van der Waals surface area contributed by atoms with E-state index in [1.165, 1.54) is 0 Å². The lowest BCUT2D eigenvalue weighted by atomic mass is 10.4. The van der Waals surface area contributed by atoms with E-state index in [9.17, 15) is 4.79 Å². The fourth-order valence-electron chi connectivity index (χ4n) is 1.67. The van der Waals surface area contributed by atoms with E-state index in [2.05, 4.69) is 10.4 Å². The lowest BCUT2D eigenvalue weighted by Gasteiger charge is -2.13. The van der Waals surface area contributed by atoms with Gasteiger partial charge in [-0.1, -0.05) is 0 Å². The molecule has 15 heavy (non-hydrogen) atoms. The SMILES string of the molecule is O=C(NC1CC1)c1cc2n(n1)CCCO2. The first-order chi connectivity index (χ1) is 7.33. The highest BCUT2D eigenvalue weighted by Gasteiger charge is 2.26. The van der Waals surface area contributed by atoms with Crippen LogP contribution in [0.4, 0.5) is 0 Å². The zero-order valence-corrected chi connectivity index (χ0v) is 8.40. The largest absolute Gasteiger partial charge is 0.478 e. The van der Waals surface area contributed by atoms with Crippen LogP contribution in [0, 0.1) is 0 Å². The summed E-state index contributed by atoms with van der Waals surface area (Å²) in [6.45, 7) is 1.56. The molecule has 1 fully saturated rings. The highest BCUT2D eigenvalue weighted by Crippen LogP contribution is 2.21. The first-order valence-corrected chi connectivity index (χ1v) is 5.34. The highest BCUT2D eigenvalue weighted by molar-refractivity contribution is 5.92. The number of hydrogen-bond donors (Lipinski definition) is 1. The molecule has 5 nitrogen and oxygen atoms in total. The monoisotopic (exact) mass is 207 g/mol. The van der Waals surface area contributed by atoms with Gasteiger partial charge in [-0.2, -0.15) is 5.10 Å². The molecule has 2 aliphatic rings. The van der Waals surface area contributed by atoms with Crippen molar-refractivity contribution in [3.8, 4) is 5.88 Å². The van der Waals surface area contributed by atoms with Crippen LogP contribution in [0.5, 0.6) is 5.88 Å². The minimum atomic E-state index is -0.0806.